The van der Waals surface area contributed by atoms with Gasteiger partial charge in [-0.15, -0.1) is 10.2 Å². The number of carbonyl (C=O) groups excluding carboxylic acids is 1. The van der Waals surface area contributed by atoms with Gasteiger partial charge >= 0.3 is 5.97 Å². The molecule has 1 aromatic carbocycles. The minimum atomic E-state index is -0.375. The summed E-state index contributed by atoms with van der Waals surface area (Å²) in [6.45, 7) is 5.16. The van der Waals surface area contributed by atoms with Crippen molar-refractivity contribution in [2.75, 3.05) is 5.32 Å². The molecule has 2 aromatic rings. The standard InChI is InChI=1S/C14H16N4O3/c1-8(2)21-13(20)10-4-6-11(7-5-10)15-14-16-12(19)9(3)17-18-14/h4-8H,1-3H3,(H2,15,16,18,19). The molecule has 0 radical (unpaired) electrons. The minimum absolute atomic E-state index is 0.164. The van der Waals surface area contributed by atoms with Crippen LogP contribution in [0.25, 0.3) is 0 Å². The average molecular weight is 288 g/mol. The van der Waals surface area contributed by atoms with E-state index in [2.05, 4.69) is 20.5 Å². The van der Waals surface area contributed by atoms with E-state index < -0.39 is 0 Å². The summed E-state index contributed by atoms with van der Waals surface area (Å²) in [6, 6.07) is 6.65. The lowest BCUT2D eigenvalue weighted by molar-refractivity contribution is 0.0378. The molecule has 0 fully saturated rings. The Labute approximate surface area is 121 Å². The second-order valence-electron chi connectivity index (χ2n) is 4.74. The third kappa shape index (κ3) is 3.88. The molecule has 0 unspecified atom stereocenters. The van der Waals surface area contributed by atoms with E-state index in [-0.39, 0.29) is 23.6 Å². The molecule has 0 amide bonds. The lowest BCUT2D eigenvalue weighted by atomic mass is 10.2. The first-order valence-electron chi connectivity index (χ1n) is 6.47. The van der Waals surface area contributed by atoms with Crippen LogP contribution in [0.2, 0.25) is 0 Å². The van der Waals surface area contributed by atoms with Gasteiger partial charge in [0.05, 0.1) is 11.7 Å². The molecule has 1 heterocycles. The van der Waals surface area contributed by atoms with Crippen molar-refractivity contribution in [1.82, 2.24) is 15.2 Å². The topological polar surface area (TPSA) is 97.0 Å². The number of rotatable bonds is 4. The molecule has 0 aliphatic carbocycles. The van der Waals surface area contributed by atoms with Crippen LogP contribution in [0.3, 0.4) is 0 Å². The van der Waals surface area contributed by atoms with Crippen molar-refractivity contribution in [1.29, 1.82) is 0 Å². The monoisotopic (exact) mass is 288 g/mol. The summed E-state index contributed by atoms with van der Waals surface area (Å²) in [5, 5.41) is 10.4. The minimum Gasteiger partial charge on any atom is -0.459 e. The maximum absolute atomic E-state index is 11.7. The SMILES string of the molecule is Cc1nnc(Nc2ccc(C(=O)OC(C)C)cc2)[nH]c1=O. The van der Waals surface area contributed by atoms with Gasteiger partial charge in [0.2, 0.25) is 5.95 Å². The molecule has 0 bridgehead atoms. The maximum Gasteiger partial charge on any atom is 0.338 e. The predicted molar refractivity (Wildman–Crippen MR) is 77.7 cm³/mol. The van der Waals surface area contributed by atoms with Crippen LogP contribution in [0.15, 0.2) is 29.1 Å². The molecule has 1 aromatic heterocycles. The van der Waals surface area contributed by atoms with Crippen molar-refractivity contribution < 1.29 is 9.53 Å². The van der Waals surface area contributed by atoms with Crippen LogP contribution in [-0.2, 0) is 4.74 Å². The summed E-state index contributed by atoms with van der Waals surface area (Å²) >= 11 is 0. The molecule has 0 saturated heterocycles. The molecule has 0 spiro atoms. The van der Waals surface area contributed by atoms with Gasteiger partial charge in [-0.25, -0.2) is 4.79 Å². The number of nitrogens with one attached hydrogen (secondary N) is 2. The third-order valence-corrected chi connectivity index (χ3v) is 2.59. The molecule has 2 rings (SSSR count). The van der Waals surface area contributed by atoms with Gasteiger partial charge in [0.15, 0.2) is 0 Å². The number of hydrogen-bond acceptors (Lipinski definition) is 6. The van der Waals surface area contributed by atoms with E-state index in [1.807, 2.05) is 0 Å². The quantitative estimate of drug-likeness (QED) is 0.832. The highest BCUT2D eigenvalue weighted by molar-refractivity contribution is 5.90. The van der Waals surface area contributed by atoms with Crippen molar-refractivity contribution in [3.8, 4) is 0 Å². The zero-order valence-corrected chi connectivity index (χ0v) is 12.0. The number of aromatic nitrogens is 3. The fraction of sp³-hybridized carbons (Fsp3) is 0.286. The first-order chi connectivity index (χ1) is 9.95. The summed E-state index contributed by atoms with van der Waals surface area (Å²) in [5.74, 6) is -0.136. The van der Waals surface area contributed by atoms with Gasteiger partial charge in [0.1, 0.15) is 5.69 Å². The van der Waals surface area contributed by atoms with Crippen molar-refractivity contribution in [3.63, 3.8) is 0 Å². The van der Waals surface area contributed by atoms with Gasteiger partial charge in [-0.05, 0) is 45.0 Å². The Morgan fingerprint density at radius 3 is 2.48 bits per heavy atom. The number of esters is 1. The Kier molecular flexibility index (Phi) is 4.32. The van der Waals surface area contributed by atoms with E-state index >= 15 is 0 Å². The second-order valence-corrected chi connectivity index (χ2v) is 4.74. The Morgan fingerprint density at radius 1 is 1.24 bits per heavy atom. The second kappa shape index (κ2) is 6.17. The van der Waals surface area contributed by atoms with E-state index in [1.165, 1.54) is 0 Å². The van der Waals surface area contributed by atoms with Gasteiger partial charge in [-0.1, -0.05) is 0 Å². The highest BCUT2D eigenvalue weighted by Crippen LogP contribution is 2.14. The van der Waals surface area contributed by atoms with Gasteiger partial charge in [-0.2, -0.15) is 0 Å². The van der Waals surface area contributed by atoms with Crippen LogP contribution in [0.4, 0.5) is 11.6 Å². The summed E-state index contributed by atoms with van der Waals surface area (Å²) in [6.07, 6.45) is -0.164. The molecule has 7 heteroatoms. The van der Waals surface area contributed by atoms with E-state index in [0.717, 1.165) is 0 Å². The smallest absolute Gasteiger partial charge is 0.338 e. The molecule has 7 nitrogen and oxygen atoms in total. The Balaban J connectivity index is 2.10. The number of ether oxygens (including phenoxy) is 1. The summed E-state index contributed by atoms with van der Waals surface area (Å²) in [5.41, 5.74) is 1.12. The number of anilines is 2. The van der Waals surface area contributed by atoms with E-state index in [9.17, 15) is 9.59 Å². The average Bonchev–Trinajstić information content (AvgIpc) is 2.43. The van der Waals surface area contributed by atoms with Crippen molar-refractivity contribution >= 4 is 17.6 Å². The Morgan fingerprint density at radius 2 is 1.90 bits per heavy atom. The number of H-pyrrole nitrogens is 1. The highest BCUT2D eigenvalue weighted by Gasteiger charge is 2.09. The number of hydrogen-bond donors (Lipinski definition) is 2. The summed E-state index contributed by atoms with van der Waals surface area (Å²) in [7, 11) is 0. The number of aromatic amines is 1. The third-order valence-electron chi connectivity index (χ3n) is 2.59. The number of nitrogens with zero attached hydrogens (tertiary/aromatic N) is 2. The van der Waals surface area contributed by atoms with E-state index in [1.54, 1.807) is 45.0 Å². The van der Waals surface area contributed by atoms with Gasteiger partial charge in [-0.3, -0.25) is 9.78 Å². The van der Waals surface area contributed by atoms with Gasteiger partial charge in [0, 0.05) is 5.69 Å². The zero-order chi connectivity index (χ0) is 15.4. The molecule has 110 valence electrons. The van der Waals surface area contributed by atoms with Crippen LogP contribution in [0, 0.1) is 6.92 Å². The fourth-order valence-corrected chi connectivity index (χ4v) is 1.56. The number of carbonyl (C=O) groups is 1. The van der Waals surface area contributed by atoms with Gasteiger partial charge < -0.3 is 10.1 Å². The molecule has 2 N–H and O–H groups in total. The van der Waals surface area contributed by atoms with E-state index in [0.29, 0.717) is 16.9 Å². The number of aryl methyl sites for hydroxylation is 1. The normalized spacial score (nSPS) is 10.5. The van der Waals surface area contributed by atoms with Crippen LogP contribution in [-0.4, -0.2) is 27.3 Å². The van der Waals surface area contributed by atoms with Crippen molar-refractivity contribution in [2.24, 2.45) is 0 Å². The summed E-state index contributed by atoms with van der Waals surface area (Å²) < 4.78 is 5.09. The zero-order valence-electron chi connectivity index (χ0n) is 12.0. The van der Waals surface area contributed by atoms with Crippen LogP contribution in [0.1, 0.15) is 29.9 Å². The van der Waals surface area contributed by atoms with Crippen LogP contribution >= 0.6 is 0 Å². The molecule has 0 atom stereocenters. The van der Waals surface area contributed by atoms with Crippen LogP contribution < -0.4 is 10.9 Å². The molecular formula is C14H16N4O3. The first-order valence-corrected chi connectivity index (χ1v) is 6.47. The molecule has 0 aliphatic heterocycles. The Hall–Kier alpha value is -2.70. The first kappa shape index (κ1) is 14.7. The molecular weight excluding hydrogens is 272 g/mol. The predicted octanol–water partition coefficient (Wildman–Crippen LogP) is 1.78. The molecule has 0 saturated carbocycles. The van der Waals surface area contributed by atoms with Crippen molar-refractivity contribution in [2.45, 2.75) is 26.9 Å². The van der Waals surface area contributed by atoms with E-state index in [4.69, 9.17) is 4.74 Å². The lowest BCUT2D eigenvalue weighted by Gasteiger charge is -2.09. The lowest BCUT2D eigenvalue weighted by Crippen LogP contribution is -2.15. The van der Waals surface area contributed by atoms with Crippen molar-refractivity contribution in [3.05, 3.63) is 45.9 Å². The molecule has 0 aliphatic rings. The van der Waals surface area contributed by atoms with Crippen LogP contribution in [0.5, 0.6) is 0 Å². The molecule has 21 heavy (non-hydrogen) atoms. The summed E-state index contributed by atoms with van der Waals surface area (Å²) in [4.78, 5) is 25.7. The number of benzene rings is 1. The van der Waals surface area contributed by atoms with Gasteiger partial charge in [0.25, 0.3) is 5.56 Å². The Bertz CT molecular complexity index is 692. The fourth-order valence-electron chi connectivity index (χ4n) is 1.56. The largest absolute Gasteiger partial charge is 0.459 e. The maximum atomic E-state index is 11.7. The highest BCUT2D eigenvalue weighted by atomic mass is 16.5.